The van der Waals surface area contributed by atoms with E-state index in [0.29, 0.717) is 44.5 Å². The van der Waals surface area contributed by atoms with Gasteiger partial charge in [0.05, 0.1) is 0 Å². The molecule has 1 aromatic heterocycles. The summed E-state index contributed by atoms with van der Waals surface area (Å²) in [6, 6.07) is 9.78. The second-order valence-electron chi connectivity index (χ2n) is 5.72. The molecule has 0 bridgehead atoms. The van der Waals surface area contributed by atoms with Crippen LogP contribution >= 0.6 is 0 Å². The second kappa shape index (κ2) is 9.74. The van der Waals surface area contributed by atoms with Crippen LogP contribution in [0.3, 0.4) is 0 Å². The summed E-state index contributed by atoms with van der Waals surface area (Å²) in [6.07, 6.45) is 3.49. The van der Waals surface area contributed by atoms with Gasteiger partial charge in [0.2, 0.25) is 0 Å². The molecule has 5 nitrogen and oxygen atoms in total. The van der Waals surface area contributed by atoms with Crippen LogP contribution in [0, 0.1) is 5.82 Å². The predicted molar refractivity (Wildman–Crippen MR) is 94.2 cm³/mol. The van der Waals surface area contributed by atoms with Crippen LogP contribution in [-0.4, -0.2) is 30.7 Å². The van der Waals surface area contributed by atoms with Crippen molar-refractivity contribution in [1.82, 2.24) is 9.88 Å². The number of halogens is 1. The van der Waals surface area contributed by atoms with Crippen LogP contribution in [0.1, 0.15) is 28.8 Å². The first-order valence-corrected chi connectivity index (χ1v) is 8.33. The molecule has 0 saturated carbocycles. The number of carbonyl (C=O) groups excluding carboxylic acids is 1. The fourth-order valence-corrected chi connectivity index (χ4v) is 2.54. The van der Waals surface area contributed by atoms with Crippen molar-refractivity contribution in [1.29, 1.82) is 0 Å². The van der Waals surface area contributed by atoms with Gasteiger partial charge in [-0.25, -0.2) is 4.39 Å². The molecule has 1 heterocycles. The maximum Gasteiger partial charge on any atom is 0.263 e. The Bertz CT molecular complexity index is 758. The number of aryl methyl sites for hydroxylation is 2. The van der Waals surface area contributed by atoms with Crippen molar-refractivity contribution in [2.24, 2.45) is 0 Å². The highest BCUT2D eigenvalue weighted by Crippen LogP contribution is 2.08. The third kappa shape index (κ3) is 5.53. The van der Waals surface area contributed by atoms with Crippen molar-refractivity contribution in [3.63, 3.8) is 0 Å². The van der Waals surface area contributed by atoms with Gasteiger partial charge in [0.25, 0.3) is 11.5 Å². The highest BCUT2D eigenvalue weighted by molar-refractivity contribution is 5.93. The summed E-state index contributed by atoms with van der Waals surface area (Å²) >= 11 is 0. The van der Waals surface area contributed by atoms with E-state index in [1.165, 1.54) is 16.7 Å². The van der Waals surface area contributed by atoms with Crippen LogP contribution in [0.4, 0.5) is 4.39 Å². The Balaban J connectivity index is 1.87. The van der Waals surface area contributed by atoms with Gasteiger partial charge >= 0.3 is 0 Å². The number of methoxy groups -OCH3 is 1. The molecule has 0 fully saturated rings. The maximum atomic E-state index is 13.5. The van der Waals surface area contributed by atoms with Gasteiger partial charge in [-0.2, -0.15) is 0 Å². The molecule has 0 saturated heterocycles. The maximum absolute atomic E-state index is 13.5. The van der Waals surface area contributed by atoms with E-state index in [1.54, 1.807) is 37.6 Å². The van der Waals surface area contributed by atoms with E-state index >= 15 is 0 Å². The van der Waals surface area contributed by atoms with E-state index in [-0.39, 0.29) is 16.9 Å². The molecular formula is C19H23FN2O3. The minimum absolute atomic E-state index is 0.116. The van der Waals surface area contributed by atoms with Gasteiger partial charge < -0.3 is 14.6 Å². The number of amides is 1. The Morgan fingerprint density at radius 2 is 2.00 bits per heavy atom. The molecule has 1 amide bonds. The van der Waals surface area contributed by atoms with Gasteiger partial charge in [0, 0.05) is 33.0 Å². The number of rotatable bonds is 9. The summed E-state index contributed by atoms with van der Waals surface area (Å²) in [7, 11) is 1.61. The monoisotopic (exact) mass is 346 g/mol. The minimum atomic E-state index is -0.403. The quantitative estimate of drug-likeness (QED) is 0.709. The standard InChI is InChI=1S/C19H23FN2O3/c1-25-14-6-13-22-12-5-9-16(19(22)24)18(23)21-11-4-8-15-7-2-3-10-17(15)20/h2-3,5,7,9-10,12H,4,6,8,11,13-14H2,1H3,(H,21,23). The molecular weight excluding hydrogens is 323 g/mol. The average Bonchev–Trinajstić information content (AvgIpc) is 2.61. The first-order chi connectivity index (χ1) is 12.1. The Hall–Kier alpha value is -2.47. The molecule has 2 rings (SSSR count). The Labute approximate surface area is 146 Å². The summed E-state index contributed by atoms with van der Waals surface area (Å²) < 4.78 is 20.0. The van der Waals surface area contributed by atoms with Crippen molar-refractivity contribution < 1.29 is 13.9 Å². The summed E-state index contributed by atoms with van der Waals surface area (Å²) in [6.45, 7) is 1.44. The SMILES string of the molecule is COCCCn1cccc(C(=O)NCCCc2ccccc2F)c1=O. The molecule has 1 aromatic carbocycles. The van der Waals surface area contributed by atoms with Crippen molar-refractivity contribution in [3.8, 4) is 0 Å². The lowest BCUT2D eigenvalue weighted by atomic mass is 10.1. The lowest BCUT2D eigenvalue weighted by Crippen LogP contribution is -2.33. The Morgan fingerprint density at radius 1 is 1.20 bits per heavy atom. The molecule has 134 valence electrons. The van der Waals surface area contributed by atoms with Gasteiger partial charge in [0.15, 0.2) is 0 Å². The zero-order valence-corrected chi connectivity index (χ0v) is 14.3. The van der Waals surface area contributed by atoms with Crippen molar-refractivity contribution in [2.45, 2.75) is 25.8 Å². The van der Waals surface area contributed by atoms with E-state index < -0.39 is 5.91 Å². The van der Waals surface area contributed by atoms with Gasteiger partial charge in [-0.1, -0.05) is 18.2 Å². The highest BCUT2D eigenvalue weighted by atomic mass is 19.1. The predicted octanol–water partition coefficient (Wildman–Crippen LogP) is 2.39. The number of carbonyl (C=O) groups is 1. The van der Waals surface area contributed by atoms with Crippen molar-refractivity contribution in [2.75, 3.05) is 20.3 Å². The normalized spacial score (nSPS) is 10.6. The van der Waals surface area contributed by atoms with E-state index in [2.05, 4.69) is 5.32 Å². The van der Waals surface area contributed by atoms with E-state index in [0.717, 1.165) is 0 Å². The van der Waals surface area contributed by atoms with E-state index in [4.69, 9.17) is 4.74 Å². The Kier molecular flexibility index (Phi) is 7.35. The number of pyridine rings is 1. The van der Waals surface area contributed by atoms with E-state index in [1.807, 2.05) is 0 Å². The van der Waals surface area contributed by atoms with Crippen LogP contribution < -0.4 is 10.9 Å². The minimum Gasteiger partial charge on any atom is -0.385 e. The van der Waals surface area contributed by atoms with Crippen molar-refractivity contribution in [3.05, 3.63) is 69.9 Å². The number of hydrogen-bond donors (Lipinski definition) is 1. The Morgan fingerprint density at radius 3 is 2.76 bits per heavy atom. The molecule has 0 aliphatic carbocycles. The zero-order valence-electron chi connectivity index (χ0n) is 14.3. The third-order valence-corrected chi connectivity index (χ3v) is 3.88. The van der Waals surface area contributed by atoms with Crippen LogP contribution in [0.25, 0.3) is 0 Å². The second-order valence-corrected chi connectivity index (χ2v) is 5.72. The first-order valence-electron chi connectivity index (χ1n) is 8.33. The van der Waals surface area contributed by atoms with Gasteiger partial charge in [-0.15, -0.1) is 0 Å². The molecule has 0 radical (unpaired) electrons. The van der Waals surface area contributed by atoms with E-state index in [9.17, 15) is 14.0 Å². The molecule has 25 heavy (non-hydrogen) atoms. The van der Waals surface area contributed by atoms with Crippen LogP contribution in [-0.2, 0) is 17.7 Å². The molecule has 0 aliphatic heterocycles. The number of nitrogens with zero attached hydrogens (tertiary/aromatic N) is 1. The molecule has 0 spiro atoms. The lowest BCUT2D eigenvalue weighted by Gasteiger charge is -2.09. The number of ether oxygens (including phenoxy) is 1. The van der Waals surface area contributed by atoms with Gasteiger partial charge in [-0.05, 0) is 43.0 Å². The fourth-order valence-electron chi connectivity index (χ4n) is 2.54. The molecule has 0 unspecified atom stereocenters. The number of aromatic nitrogens is 1. The van der Waals surface area contributed by atoms with Crippen LogP contribution in [0.15, 0.2) is 47.4 Å². The topological polar surface area (TPSA) is 60.3 Å². The van der Waals surface area contributed by atoms with Crippen LogP contribution in [0.5, 0.6) is 0 Å². The zero-order chi connectivity index (χ0) is 18.1. The molecule has 0 aliphatic rings. The lowest BCUT2D eigenvalue weighted by molar-refractivity contribution is 0.0951. The van der Waals surface area contributed by atoms with Crippen LogP contribution in [0.2, 0.25) is 0 Å². The number of benzene rings is 1. The molecule has 1 N–H and O–H groups in total. The smallest absolute Gasteiger partial charge is 0.263 e. The largest absolute Gasteiger partial charge is 0.385 e. The fraction of sp³-hybridized carbons (Fsp3) is 0.368. The number of nitrogens with one attached hydrogen (secondary N) is 1. The highest BCUT2D eigenvalue weighted by Gasteiger charge is 2.11. The summed E-state index contributed by atoms with van der Waals surface area (Å²) in [4.78, 5) is 24.5. The van der Waals surface area contributed by atoms with Crippen molar-refractivity contribution >= 4 is 5.91 Å². The third-order valence-electron chi connectivity index (χ3n) is 3.88. The first kappa shape index (κ1) is 18.9. The average molecular weight is 346 g/mol. The summed E-state index contributed by atoms with van der Waals surface area (Å²) in [5, 5.41) is 2.72. The molecule has 6 heteroatoms. The molecule has 2 aromatic rings. The number of hydrogen-bond acceptors (Lipinski definition) is 3. The van der Waals surface area contributed by atoms with Gasteiger partial charge in [0.1, 0.15) is 11.4 Å². The van der Waals surface area contributed by atoms with Gasteiger partial charge in [-0.3, -0.25) is 9.59 Å². The molecule has 0 atom stereocenters. The summed E-state index contributed by atoms with van der Waals surface area (Å²) in [5.74, 6) is -0.643. The summed E-state index contributed by atoms with van der Waals surface area (Å²) in [5.41, 5.74) is 0.424.